The first-order valence-electron chi connectivity index (χ1n) is 5.88. The van der Waals surface area contributed by atoms with Crippen molar-refractivity contribution >= 4 is 11.8 Å². The normalized spacial score (nSPS) is 10.2. The highest BCUT2D eigenvalue weighted by Crippen LogP contribution is 2.26. The minimum absolute atomic E-state index is 0.178. The molecule has 0 saturated carbocycles. The van der Waals surface area contributed by atoms with Crippen molar-refractivity contribution in [3.8, 4) is 17.5 Å². The van der Waals surface area contributed by atoms with Crippen LogP contribution in [-0.4, -0.2) is 30.3 Å². The monoisotopic (exact) mass is 296 g/mol. The second-order valence-corrected chi connectivity index (χ2v) is 5.02. The maximum Gasteiger partial charge on any atom is 0.218 e. The number of nitriles is 1. The van der Waals surface area contributed by atoms with E-state index >= 15 is 0 Å². The van der Waals surface area contributed by atoms with Crippen LogP contribution in [0.1, 0.15) is 5.69 Å². The van der Waals surface area contributed by atoms with Crippen LogP contribution in [0.15, 0.2) is 52.6 Å². The van der Waals surface area contributed by atoms with E-state index in [1.54, 1.807) is 47.3 Å². The summed E-state index contributed by atoms with van der Waals surface area (Å²) in [5.41, 5.74) is 1.10. The van der Waals surface area contributed by atoms with Crippen LogP contribution < -0.4 is 0 Å². The van der Waals surface area contributed by atoms with Gasteiger partial charge in [-0.3, -0.25) is 0 Å². The fourth-order valence-corrected chi connectivity index (χ4v) is 2.37. The molecule has 102 valence electrons. The largest absolute Gasteiger partial charge is 0.508 e. The Kier molecular flexibility index (Phi) is 3.49. The lowest BCUT2D eigenvalue weighted by Crippen LogP contribution is -1.98. The summed E-state index contributed by atoms with van der Waals surface area (Å²) in [5, 5.41) is 30.1. The van der Waals surface area contributed by atoms with E-state index in [2.05, 4.69) is 20.5 Å². The molecule has 1 aromatic carbocycles. The Bertz CT molecular complexity index is 791. The molecular weight excluding hydrogens is 288 g/mol. The van der Waals surface area contributed by atoms with Crippen molar-refractivity contribution in [2.45, 2.75) is 10.1 Å². The molecule has 7 nitrogen and oxygen atoms in total. The van der Waals surface area contributed by atoms with Crippen LogP contribution in [0.25, 0.3) is 5.69 Å². The molecule has 0 radical (unpaired) electrons. The summed E-state index contributed by atoms with van der Waals surface area (Å²) >= 11 is 1.33. The third-order valence-electron chi connectivity index (χ3n) is 2.60. The highest BCUT2D eigenvalue weighted by molar-refractivity contribution is 7.99. The smallest absolute Gasteiger partial charge is 0.218 e. The van der Waals surface area contributed by atoms with Crippen molar-refractivity contribution in [1.29, 1.82) is 5.26 Å². The van der Waals surface area contributed by atoms with E-state index in [-0.39, 0.29) is 5.75 Å². The van der Waals surface area contributed by atoms with Gasteiger partial charge in [0.15, 0.2) is 0 Å². The van der Waals surface area contributed by atoms with Crippen molar-refractivity contribution in [1.82, 2.24) is 25.2 Å². The molecule has 0 aliphatic carbocycles. The van der Waals surface area contributed by atoms with Gasteiger partial charge in [0.1, 0.15) is 17.5 Å². The Balaban J connectivity index is 1.88. The van der Waals surface area contributed by atoms with E-state index in [0.29, 0.717) is 10.9 Å². The number of tetrazole rings is 1. The molecule has 8 heteroatoms. The summed E-state index contributed by atoms with van der Waals surface area (Å²) in [7, 11) is 0. The Morgan fingerprint density at radius 1 is 1.14 bits per heavy atom. The minimum Gasteiger partial charge on any atom is -0.508 e. The predicted molar refractivity (Wildman–Crippen MR) is 73.9 cm³/mol. The van der Waals surface area contributed by atoms with Crippen LogP contribution in [0.4, 0.5) is 0 Å². The number of benzene rings is 1. The van der Waals surface area contributed by atoms with Crippen molar-refractivity contribution in [3.63, 3.8) is 0 Å². The molecule has 0 amide bonds. The fraction of sp³-hybridized carbons (Fsp3) is 0. The average Bonchev–Trinajstić information content (AvgIpc) is 2.97. The van der Waals surface area contributed by atoms with E-state index in [1.165, 1.54) is 11.8 Å². The molecule has 3 aromatic rings. The summed E-state index contributed by atoms with van der Waals surface area (Å²) < 4.78 is 1.56. The van der Waals surface area contributed by atoms with Gasteiger partial charge in [-0.15, -0.1) is 5.10 Å². The molecular formula is C13H8N6OS. The number of hydrogen-bond acceptors (Lipinski definition) is 7. The van der Waals surface area contributed by atoms with Gasteiger partial charge >= 0.3 is 0 Å². The Morgan fingerprint density at radius 3 is 2.62 bits per heavy atom. The van der Waals surface area contributed by atoms with Gasteiger partial charge in [0, 0.05) is 11.1 Å². The van der Waals surface area contributed by atoms with Crippen LogP contribution in [0.5, 0.6) is 5.75 Å². The second kappa shape index (κ2) is 5.60. The molecule has 2 aromatic heterocycles. The lowest BCUT2D eigenvalue weighted by Gasteiger charge is -2.04. The standard InChI is InChI=1S/C13H8N6OS/c14-7-9-1-6-12(8-15-9)21-13-16-17-18-19(13)10-2-4-11(20)5-3-10/h1-6,8,20H. The summed E-state index contributed by atoms with van der Waals surface area (Å²) in [6, 6.07) is 11.9. The van der Waals surface area contributed by atoms with E-state index in [1.807, 2.05) is 6.07 Å². The van der Waals surface area contributed by atoms with Gasteiger partial charge in [-0.2, -0.15) is 9.94 Å². The summed E-state index contributed by atoms with van der Waals surface area (Å²) in [4.78, 5) is 4.82. The highest BCUT2D eigenvalue weighted by atomic mass is 32.2. The summed E-state index contributed by atoms with van der Waals surface area (Å²) in [6.45, 7) is 0. The van der Waals surface area contributed by atoms with Gasteiger partial charge in [0.05, 0.1) is 5.69 Å². The van der Waals surface area contributed by atoms with Gasteiger partial charge < -0.3 is 5.11 Å². The molecule has 1 N–H and O–H groups in total. The average molecular weight is 296 g/mol. The van der Waals surface area contributed by atoms with Gasteiger partial charge in [-0.25, -0.2) is 4.98 Å². The summed E-state index contributed by atoms with van der Waals surface area (Å²) in [6.07, 6.45) is 1.60. The van der Waals surface area contributed by atoms with E-state index in [4.69, 9.17) is 5.26 Å². The number of rotatable bonds is 3. The highest BCUT2D eigenvalue weighted by Gasteiger charge is 2.10. The van der Waals surface area contributed by atoms with Crippen LogP contribution in [0, 0.1) is 11.3 Å². The van der Waals surface area contributed by atoms with Gasteiger partial charge in [0.2, 0.25) is 5.16 Å². The predicted octanol–water partition coefficient (Wildman–Crippen LogP) is 1.79. The number of phenols is 1. The molecule has 0 fully saturated rings. The molecule has 21 heavy (non-hydrogen) atoms. The van der Waals surface area contributed by atoms with Crippen LogP contribution >= 0.6 is 11.8 Å². The minimum atomic E-state index is 0.178. The quantitative estimate of drug-likeness (QED) is 0.786. The number of aromatic hydroxyl groups is 1. The molecule has 0 atom stereocenters. The zero-order chi connectivity index (χ0) is 14.7. The number of pyridine rings is 1. The number of nitrogens with zero attached hydrogens (tertiary/aromatic N) is 6. The Labute approximate surface area is 123 Å². The summed E-state index contributed by atoms with van der Waals surface area (Å²) in [5.74, 6) is 0.178. The zero-order valence-electron chi connectivity index (χ0n) is 10.6. The molecule has 0 unspecified atom stereocenters. The first-order chi connectivity index (χ1) is 10.3. The SMILES string of the molecule is N#Cc1ccc(Sc2nnnn2-c2ccc(O)cc2)cn1. The zero-order valence-corrected chi connectivity index (χ0v) is 11.4. The van der Waals surface area contributed by atoms with Gasteiger partial charge in [-0.05, 0) is 58.6 Å². The third kappa shape index (κ3) is 2.82. The lowest BCUT2D eigenvalue weighted by molar-refractivity contribution is 0.475. The fourth-order valence-electron chi connectivity index (χ4n) is 1.61. The van der Waals surface area contributed by atoms with Gasteiger partial charge in [-0.1, -0.05) is 0 Å². The van der Waals surface area contributed by atoms with E-state index < -0.39 is 0 Å². The number of phenolic OH excluding ortho intramolecular Hbond substituents is 1. The van der Waals surface area contributed by atoms with Crippen molar-refractivity contribution in [2.24, 2.45) is 0 Å². The lowest BCUT2D eigenvalue weighted by atomic mass is 10.3. The van der Waals surface area contributed by atoms with Crippen molar-refractivity contribution in [3.05, 3.63) is 48.3 Å². The first-order valence-corrected chi connectivity index (χ1v) is 6.70. The van der Waals surface area contributed by atoms with Crippen LogP contribution in [-0.2, 0) is 0 Å². The Morgan fingerprint density at radius 2 is 1.95 bits per heavy atom. The number of aromatic nitrogens is 5. The van der Waals surface area contributed by atoms with E-state index in [9.17, 15) is 5.11 Å². The van der Waals surface area contributed by atoms with E-state index in [0.717, 1.165) is 10.6 Å². The molecule has 2 heterocycles. The molecule has 3 rings (SSSR count). The van der Waals surface area contributed by atoms with Crippen molar-refractivity contribution < 1.29 is 5.11 Å². The number of hydrogen-bond donors (Lipinski definition) is 1. The first kappa shape index (κ1) is 13.1. The van der Waals surface area contributed by atoms with Crippen LogP contribution in [0.3, 0.4) is 0 Å². The molecule has 0 aliphatic heterocycles. The molecule has 0 spiro atoms. The second-order valence-electron chi connectivity index (χ2n) is 3.98. The molecule has 0 aliphatic rings. The van der Waals surface area contributed by atoms with Gasteiger partial charge in [0.25, 0.3) is 0 Å². The van der Waals surface area contributed by atoms with Crippen LogP contribution in [0.2, 0.25) is 0 Å². The molecule has 0 bridgehead atoms. The maximum atomic E-state index is 9.31. The Hall–Kier alpha value is -2.92. The van der Waals surface area contributed by atoms with Crippen molar-refractivity contribution in [2.75, 3.05) is 0 Å². The third-order valence-corrected chi connectivity index (χ3v) is 3.51. The molecule has 0 saturated heterocycles. The maximum absolute atomic E-state index is 9.31. The topological polar surface area (TPSA) is 101 Å².